The van der Waals surface area contributed by atoms with E-state index in [1.165, 1.54) is 12.8 Å². The van der Waals surface area contributed by atoms with E-state index in [1.807, 2.05) is 30.3 Å². The molecule has 184 valence electrons. The second-order valence-electron chi connectivity index (χ2n) is 8.88. The van der Waals surface area contributed by atoms with Gasteiger partial charge in [-0.15, -0.1) is 12.4 Å². The maximum atomic E-state index is 13.6. The molecule has 0 radical (unpaired) electrons. The van der Waals surface area contributed by atoms with E-state index in [0.717, 1.165) is 43.9 Å². The van der Waals surface area contributed by atoms with Gasteiger partial charge in [-0.25, -0.2) is 4.79 Å². The Labute approximate surface area is 207 Å². The van der Waals surface area contributed by atoms with Gasteiger partial charge in [-0.05, 0) is 68.1 Å². The lowest BCUT2D eigenvalue weighted by Crippen LogP contribution is -2.58. The largest absolute Gasteiger partial charge is 0.482 e. The van der Waals surface area contributed by atoms with Crippen LogP contribution in [-0.4, -0.2) is 67.3 Å². The van der Waals surface area contributed by atoms with Crippen molar-refractivity contribution < 1.29 is 19.4 Å². The predicted molar refractivity (Wildman–Crippen MR) is 135 cm³/mol. The molecule has 4 rings (SSSR count). The van der Waals surface area contributed by atoms with E-state index in [1.54, 1.807) is 12.1 Å². The van der Waals surface area contributed by atoms with Crippen LogP contribution < -0.4 is 15.0 Å². The van der Waals surface area contributed by atoms with Gasteiger partial charge in [-0.2, -0.15) is 0 Å². The molecule has 0 bridgehead atoms. The van der Waals surface area contributed by atoms with Gasteiger partial charge in [0.25, 0.3) is 0 Å². The minimum atomic E-state index is -1.01. The number of carboxylic acid groups (broad SMARTS) is 1. The molecule has 1 unspecified atom stereocenters. The molecule has 1 atom stereocenters. The van der Waals surface area contributed by atoms with Crippen LogP contribution in [0.15, 0.2) is 54.6 Å². The Kier molecular flexibility index (Phi) is 9.60. The van der Waals surface area contributed by atoms with Crippen LogP contribution in [0, 0.1) is 5.92 Å². The average Bonchev–Trinajstić information content (AvgIpc) is 2.85. The fourth-order valence-electron chi connectivity index (χ4n) is 4.79. The van der Waals surface area contributed by atoms with Gasteiger partial charge in [-0.1, -0.05) is 30.3 Å². The topological polar surface area (TPSA) is 82.1 Å². The number of piperazine rings is 1. The van der Waals surface area contributed by atoms with Crippen LogP contribution in [0.3, 0.4) is 0 Å². The van der Waals surface area contributed by atoms with Gasteiger partial charge in [0.05, 0.1) is 0 Å². The zero-order chi connectivity index (χ0) is 23.0. The Morgan fingerprint density at radius 3 is 2.41 bits per heavy atom. The molecule has 7 nitrogen and oxygen atoms in total. The minimum Gasteiger partial charge on any atom is -0.482 e. The summed E-state index contributed by atoms with van der Waals surface area (Å²) in [7, 11) is 0. The molecular formula is C26H34ClN3O4. The number of benzene rings is 2. The molecule has 2 heterocycles. The number of carbonyl (C=O) groups is 2. The molecule has 2 aromatic rings. The lowest BCUT2D eigenvalue weighted by atomic mass is 9.94. The number of hydrogen-bond donors (Lipinski definition) is 2. The van der Waals surface area contributed by atoms with Crippen LogP contribution in [0.25, 0.3) is 0 Å². The quantitative estimate of drug-likeness (QED) is 0.565. The van der Waals surface area contributed by atoms with Crippen molar-refractivity contribution in [1.29, 1.82) is 0 Å². The van der Waals surface area contributed by atoms with Gasteiger partial charge >= 0.3 is 5.97 Å². The van der Waals surface area contributed by atoms with Crippen molar-refractivity contribution in [1.82, 2.24) is 10.2 Å². The van der Waals surface area contributed by atoms with E-state index >= 15 is 0 Å². The molecule has 34 heavy (non-hydrogen) atoms. The number of hydrogen-bond acceptors (Lipinski definition) is 5. The van der Waals surface area contributed by atoms with Gasteiger partial charge in [0.2, 0.25) is 5.91 Å². The zero-order valence-corrected chi connectivity index (χ0v) is 20.2. The maximum Gasteiger partial charge on any atom is 0.341 e. The van der Waals surface area contributed by atoms with Crippen molar-refractivity contribution in [3.8, 4) is 5.75 Å². The second-order valence-corrected chi connectivity index (χ2v) is 8.88. The summed E-state index contributed by atoms with van der Waals surface area (Å²) in [5.41, 5.74) is 2.09. The van der Waals surface area contributed by atoms with Crippen LogP contribution in [-0.2, 0) is 16.0 Å². The third-order valence-electron chi connectivity index (χ3n) is 6.65. The van der Waals surface area contributed by atoms with E-state index in [2.05, 4.69) is 27.2 Å². The molecular weight excluding hydrogens is 454 g/mol. The Bertz CT molecular complexity index is 919. The summed E-state index contributed by atoms with van der Waals surface area (Å²) in [5.74, 6) is 0.383. The molecule has 0 spiro atoms. The molecule has 2 saturated heterocycles. The van der Waals surface area contributed by atoms with Gasteiger partial charge in [0.15, 0.2) is 6.61 Å². The van der Waals surface area contributed by atoms with Crippen LogP contribution in [0.2, 0.25) is 0 Å². The average molecular weight is 488 g/mol. The molecule has 0 aliphatic carbocycles. The molecule has 2 aliphatic rings. The van der Waals surface area contributed by atoms with Gasteiger partial charge in [-0.3, -0.25) is 4.79 Å². The highest BCUT2D eigenvalue weighted by Crippen LogP contribution is 2.27. The fraction of sp³-hybridized carbons (Fsp3) is 0.462. The van der Waals surface area contributed by atoms with Crippen molar-refractivity contribution in [3.05, 3.63) is 60.2 Å². The number of anilines is 1. The summed E-state index contributed by atoms with van der Waals surface area (Å²) in [6.07, 6.45) is 4.11. The number of nitrogens with one attached hydrogen (secondary N) is 1. The molecule has 2 aromatic carbocycles. The Morgan fingerprint density at radius 1 is 1.03 bits per heavy atom. The third-order valence-corrected chi connectivity index (χ3v) is 6.65. The number of halogens is 1. The van der Waals surface area contributed by atoms with E-state index in [0.29, 0.717) is 24.6 Å². The standard InChI is InChI=1S/C26H33N3O4.ClH/c30-25(31)19-33-23-8-6-22(7-9-23)29-17-16-28(15-12-20-10-13-27-14-11-20)26(32)24(29)18-21-4-2-1-3-5-21;/h1-9,20,24,27H,10-19H2,(H,30,31);1H. The summed E-state index contributed by atoms with van der Waals surface area (Å²) >= 11 is 0. The van der Waals surface area contributed by atoms with Crippen LogP contribution in [0.1, 0.15) is 24.8 Å². The summed E-state index contributed by atoms with van der Waals surface area (Å²) in [6, 6.07) is 17.3. The molecule has 2 fully saturated rings. The van der Waals surface area contributed by atoms with Crippen LogP contribution in [0.5, 0.6) is 5.75 Å². The number of carboxylic acids is 1. The Hall–Kier alpha value is -2.77. The van der Waals surface area contributed by atoms with Gasteiger partial charge in [0.1, 0.15) is 11.8 Å². The van der Waals surface area contributed by atoms with E-state index in [-0.39, 0.29) is 31.0 Å². The number of ether oxygens (including phenoxy) is 1. The van der Waals surface area contributed by atoms with Crippen molar-refractivity contribution in [2.75, 3.05) is 44.2 Å². The normalized spacial score (nSPS) is 18.9. The highest BCUT2D eigenvalue weighted by molar-refractivity contribution is 5.87. The number of aliphatic carboxylic acids is 1. The smallest absolute Gasteiger partial charge is 0.341 e. The monoisotopic (exact) mass is 487 g/mol. The number of piperidine rings is 1. The first kappa shape index (κ1) is 25.8. The number of amides is 1. The lowest BCUT2D eigenvalue weighted by molar-refractivity contribution is -0.139. The SMILES string of the molecule is Cl.O=C(O)COc1ccc(N2CCN(CCC3CCNCC3)C(=O)C2Cc2ccccc2)cc1. The first-order valence-electron chi connectivity index (χ1n) is 11.8. The molecule has 2 N–H and O–H groups in total. The van der Waals surface area contributed by atoms with Crippen molar-refractivity contribution in [2.45, 2.75) is 31.7 Å². The minimum absolute atomic E-state index is 0. The second kappa shape index (κ2) is 12.6. The van der Waals surface area contributed by atoms with Crippen LogP contribution in [0.4, 0.5) is 5.69 Å². The Balaban J connectivity index is 0.00000324. The summed E-state index contributed by atoms with van der Waals surface area (Å²) in [6.45, 7) is 4.09. The Morgan fingerprint density at radius 2 is 1.74 bits per heavy atom. The van der Waals surface area contributed by atoms with Crippen LogP contribution >= 0.6 is 12.4 Å². The number of rotatable bonds is 9. The summed E-state index contributed by atoms with van der Waals surface area (Å²) in [4.78, 5) is 28.6. The van der Waals surface area contributed by atoms with Crippen molar-refractivity contribution in [2.24, 2.45) is 5.92 Å². The van der Waals surface area contributed by atoms with E-state index < -0.39 is 5.97 Å². The first-order chi connectivity index (χ1) is 16.1. The van der Waals surface area contributed by atoms with E-state index in [9.17, 15) is 9.59 Å². The lowest BCUT2D eigenvalue weighted by Gasteiger charge is -2.42. The molecule has 8 heteroatoms. The highest BCUT2D eigenvalue weighted by atomic mass is 35.5. The fourth-order valence-corrected chi connectivity index (χ4v) is 4.79. The van der Waals surface area contributed by atoms with Gasteiger partial charge < -0.3 is 25.0 Å². The van der Waals surface area contributed by atoms with Crippen molar-refractivity contribution in [3.63, 3.8) is 0 Å². The molecule has 0 saturated carbocycles. The third kappa shape index (κ3) is 6.87. The summed E-state index contributed by atoms with van der Waals surface area (Å²) < 4.78 is 5.26. The predicted octanol–water partition coefficient (Wildman–Crippen LogP) is 3.22. The number of nitrogens with zero attached hydrogens (tertiary/aromatic N) is 2. The molecule has 2 aliphatic heterocycles. The first-order valence-corrected chi connectivity index (χ1v) is 11.8. The maximum absolute atomic E-state index is 13.6. The van der Waals surface area contributed by atoms with E-state index in [4.69, 9.17) is 9.84 Å². The highest BCUT2D eigenvalue weighted by Gasteiger charge is 2.35. The number of carbonyl (C=O) groups excluding carboxylic acids is 1. The molecule has 0 aromatic heterocycles. The summed E-state index contributed by atoms with van der Waals surface area (Å²) in [5, 5.41) is 12.2. The molecule has 1 amide bonds. The zero-order valence-electron chi connectivity index (χ0n) is 19.4. The van der Waals surface area contributed by atoms with Crippen molar-refractivity contribution >= 4 is 30.0 Å². The van der Waals surface area contributed by atoms with Gasteiger partial charge in [0, 0.05) is 31.7 Å².